The molecular weight excluding hydrogens is 382 g/mol. The summed E-state index contributed by atoms with van der Waals surface area (Å²) in [6.45, 7) is 1.26. The van der Waals surface area contributed by atoms with Gasteiger partial charge in [-0.25, -0.2) is 15.3 Å². The fourth-order valence-electron chi connectivity index (χ4n) is 3.19. The van der Waals surface area contributed by atoms with E-state index in [1.807, 2.05) is 59.5 Å². The van der Waals surface area contributed by atoms with E-state index in [1.165, 1.54) is 0 Å². The van der Waals surface area contributed by atoms with Crippen LogP contribution in [0.5, 0.6) is 0 Å². The van der Waals surface area contributed by atoms with Crippen molar-refractivity contribution in [2.24, 2.45) is 4.99 Å². The van der Waals surface area contributed by atoms with Crippen LogP contribution in [0.3, 0.4) is 0 Å². The zero-order valence-corrected chi connectivity index (χ0v) is 15.2. The molecule has 1 saturated heterocycles. The third-order valence-corrected chi connectivity index (χ3v) is 5.10. The Morgan fingerprint density at radius 2 is 1.88 bits per heavy atom. The van der Waals surface area contributed by atoms with E-state index in [0.717, 1.165) is 21.4 Å². The van der Waals surface area contributed by atoms with E-state index in [1.54, 1.807) is 0 Å². The summed E-state index contributed by atoms with van der Waals surface area (Å²) in [6, 6.07) is 17.3. The molecule has 1 fully saturated rings. The molecule has 0 radical (unpaired) electrons. The zero-order valence-electron chi connectivity index (χ0n) is 13.6. The standard InChI is InChI=1S/C19H18BrN3O2/c20-16-8-4-7-15(13-16)17-21-19(25-22-17)9-11-23(12-10-19)18(24)14-5-2-1-3-6-14/h1-8,13H,9-12H2,(H,21,22). The predicted molar refractivity (Wildman–Crippen MR) is 99.2 cm³/mol. The second-order valence-corrected chi connectivity index (χ2v) is 7.19. The van der Waals surface area contributed by atoms with Crippen LogP contribution in [0.2, 0.25) is 0 Å². The molecule has 25 heavy (non-hydrogen) atoms. The van der Waals surface area contributed by atoms with Crippen molar-refractivity contribution in [3.8, 4) is 0 Å². The highest BCUT2D eigenvalue weighted by molar-refractivity contribution is 9.10. The summed E-state index contributed by atoms with van der Waals surface area (Å²) in [6.07, 6.45) is 1.35. The van der Waals surface area contributed by atoms with Crippen molar-refractivity contribution in [2.45, 2.75) is 18.6 Å². The summed E-state index contributed by atoms with van der Waals surface area (Å²) in [5, 5.41) is 0. The minimum atomic E-state index is -0.578. The first-order valence-corrected chi connectivity index (χ1v) is 9.09. The van der Waals surface area contributed by atoms with E-state index in [4.69, 9.17) is 9.83 Å². The molecule has 2 aliphatic heterocycles. The average molecular weight is 400 g/mol. The quantitative estimate of drug-likeness (QED) is 0.841. The molecule has 0 aromatic heterocycles. The first-order chi connectivity index (χ1) is 12.2. The Balaban J connectivity index is 1.46. The van der Waals surface area contributed by atoms with Gasteiger partial charge in [0.05, 0.1) is 0 Å². The molecule has 0 bridgehead atoms. The molecule has 0 aliphatic carbocycles. The first-order valence-electron chi connectivity index (χ1n) is 8.29. The molecule has 5 nitrogen and oxygen atoms in total. The van der Waals surface area contributed by atoms with Gasteiger partial charge >= 0.3 is 0 Å². The average Bonchev–Trinajstić information content (AvgIpc) is 3.06. The number of carbonyl (C=O) groups excluding carboxylic acids is 1. The Kier molecular flexibility index (Phi) is 4.31. The van der Waals surface area contributed by atoms with Gasteiger partial charge in [0.15, 0.2) is 11.6 Å². The predicted octanol–water partition coefficient (Wildman–Crippen LogP) is 3.36. The van der Waals surface area contributed by atoms with Crippen LogP contribution < -0.4 is 5.48 Å². The molecular formula is C19H18BrN3O2. The second-order valence-electron chi connectivity index (χ2n) is 6.28. The van der Waals surface area contributed by atoms with Crippen molar-refractivity contribution in [2.75, 3.05) is 13.1 Å². The number of piperidine rings is 1. The summed E-state index contributed by atoms with van der Waals surface area (Å²) in [5.74, 6) is 0.807. The molecule has 2 aromatic rings. The van der Waals surface area contributed by atoms with E-state index in [2.05, 4.69) is 21.4 Å². The summed E-state index contributed by atoms with van der Waals surface area (Å²) >= 11 is 3.47. The van der Waals surface area contributed by atoms with Crippen molar-refractivity contribution < 1.29 is 9.63 Å². The number of nitrogens with one attached hydrogen (secondary N) is 1. The number of halogens is 1. The Hall–Kier alpha value is -2.18. The van der Waals surface area contributed by atoms with Crippen molar-refractivity contribution in [1.29, 1.82) is 0 Å². The number of carbonyl (C=O) groups is 1. The lowest BCUT2D eigenvalue weighted by atomic mass is 10.00. The molecule has 4 rings (SSSR count). The molecule has 0 saturated carbocycles. The highest BCUT2D eigenvalue weighted by Crippen LogP contribution is 2.31. The zero-order chi connectivity index (χ0) is 17.3. The van der Waals surface area contributed by atoms with E-state index in [9.17, 15) is 4.79 Å². The fraction of sp³-hybridized carbons (Fsp3) is 0.263. The number of hydrogen-bond donors (Lipinski definition) is 1. The van der Waals surface area contributed by atoms with Gasteiger partial charge in [0.25, 0.3) is 5.91 Å². The lowest BCUT2D eigenvalue weighted by molar-refractivity contribution is -0.0849. The van der Waals surface area contributed by atoms with Crippen LogP contribution in [0.25, 0.3) is 0 Å². The van der Waals surface area contributed by atoms with E-state index < -0.39 is 5.72 Å². The molecule has 2 heterocycles. The summed E-state index contributed by atoms with van der Waals surface area (Å²) in [7, 11) is 0. The van der Waals surface area contributed by atoms with Crippen LogP contribution in [-0.2, 0) is 4.84 Å². The third kappa shape index (κ3) is 3.32. The highest BCUT2D eigenvalue weighted by Gasteiger charge is 2.41. The number of aliphatic imine (C=N–C) groups is 1. The van der Waals surface area contributed by atoms with Gasteiger partial charge < -0.3 is 4.90 Å². The van der Waals surface area contributed by atoms with E-state index >= 15 is 0 Å². The molecule has 1 N–H and O–H groups in total. The largest absolute Gasteiger partial charge is 0.338 e. The molecule has 2 aliphatic rings. The van der Waals surface area contributed by atoms with Gasteiger partial charge in [-0.1, -0.05) is 46.3 Å². The van der Waals surface area contributed by atoms with Gasteiger partial charge in [-0.05, 0) is 24.3 Å². The maximum Gasteiger partial charge on any atom is 0.253 e. The Morgan fingerprint density at radius 3 is 2.60 bits per heavy atom. The smallest absolute Gasteiger partial charge is 0.253 e. The minimum Gasteiger partial charge on any atom is -0.338 e. The molecule has 2 aromatic carbocycles. The van der Waals surface area contributed by atoms with Crippen LogP contribution in [0.15, 0.2) is 64.1 Å². The van der Waals surface area contributed by atoms with Gasteiger partial charge in [-0.3, -0.25) is 4.79 Å². The monoisotopic (exact) mass is 399 g/mol. The second kappa shape index (κ2) is 6.61. The molecule has 1 amide bonds. The molecule has 0 atom stereocenters. The number of likely N-dealkylation sites (tertiary alicyclic amines) is 1. The number of hydrogen-bond acceptors (Lipinski definition) is 4. The van der Waals surface area contributed by atoms with Crippen LogP contribution in [0.4, 0.5) is 0 Å². The van der Waals surface area contributed by atoms with Crippen molar-refractivity contribution in [3.05, 3.63) is 70.2 Å². The van der Waals surface area contributed by atoms with Crippen LogP contribution >= 0.6 is 15.9 Å². The molecule has 6 heteroatoms. The maximum atomic E-state index is 12.6. The normalized spacial score (nSPS) is 18.8. The lowest BCUT2D eigenvalue weighted by Crippen LogP contribution is -2.46. The Labute approximate surface area is 154 Å². The molecule has 1 spiro atoms. The summed E-state index contributed by atoms with van der Waals surface area (Å²) in [5.41, 5.74) is 4.09. The van der Waals surface area contributed by atoms with Gasteiger partial charge in [-0.2, -0.15) is 0 Å². The summed E-state index contributed by atoms with van der Waals surface area (Å²) < 4.78 is 0.999. The van der Waals surface area contributed by atoms with Crippen LogP contribution in [0.1, 0.15) is 28.8 Å². The molecule has 128 valence electrons. The maximum absolute atomic E-state index is 12.6. The summed E-state index contributed by atoms with van der Waals surface area (Å²) in [4.78, 5) is 25.0. The number of benzene rings is 2. The van der Waals surface area contributed by atoms with Gasteiger partial charge in [-0.15, -0.1) is 0 Å². The van der Waals surface area contributed by atoms with Crippen LogP contribution in [-0.4, -0.2) is 35.5 Å². The topological polar surface area (TPSA) is 53.9 Å². The van der Waals surface area contributed by atoms with Crippen molar-refractivity contribution in [3.63, 3.8) is 0 Å². The first kappa shape index (κ1) is 16.3. The SMILES string of the molecule is O=C(c1ccccc1)N1CCC2(CC1)N=C(c1cccc(Br)c1)NO2. The highest BCUT2D eigenvalue weighted by atomic mass is 79.9. The van der Waals surface area contributed by atoms with E-state index in [0.29, 0.717) is 25.9 Å². The Morgan fingerprint density at radius 1 is 1.12 bits per heavy atom. The Bertz CT molecular complexity index is 814. The number of nitrogens with zero attached hydrogens (tertiary/aromatic N) is 2. The fourth-order valence-corrected chi connectivity index (χ4v) is 3.59. The van der Waals surface area contributed by atoms with Crippen LogP contribution in [0, 0.1) is 0 Å². The van der Waals surface area contributed by atoms with Crippen molar-refractivity contribution >= 4 is 27.7 Å². The lowest BCUT2D eigenvalue weighted by Gasteiger charge is -2.35. The van der Waals surface area contributed by atoms with Crippen molar-refractivity contribution in [1.82, 2.24) is 10.4 Å². The van der Waals surface area contributed by atoms with E-state index in [-0.39, 0.29) is 5.91 Å². The van der Waals surface area contributed by atoms with Gasteiger partial charge in [0.1, 0.15) is 0 Å². The third-order valence-electron chi connectivity index (χ3n) is 4.60. The number of amides is 1. The number of hydroxylamine groups is 1. The number of rotatable bonds is 2. The van der Waals surface area contributed by atoms with Gasteiger partial charge in [0.2, 0.25) is 0 Å². The molecule has 0 unspecified atom stereocenters. The van der Waals surface area contributed by atoms with Gasteiger partial charge in [0, 0.05) is 41.5 Å². The minimum absolute atomic E-state index is 0.0672. The number of amidine groups is 1.